The Morgan fingerprint density at radius 3 is 2.10 bits per heavy atom. The quantitative estimate of drug-likeness (QED) is 0.313. The van der Waals surface area contributed by atoms with E-state index in [-0.39, 0.29) is 5.78 Å². The third-order valence-electron chi connectivity index (χ3n) is 4.71. The fraction of sp³-hybridized carbons (Fsp3) is 0.125. The fourth-order valence-electron chi connectivity index (χ4n) is 3.17. The summed E-state index contributed by atoms with van der Waals surface area (Å²) < 4.78 is 2.00. The maximum Gasteiger partial charge on any atom is 0.196 e. The van der Waals surface area contributed by atoms with Crippen molar-refractivity contribution in [3.05, 3.63) is 107 Å². The molecule has 5 heteroatoms. The molecule has 0 aliphatic carbocycles. The van der Waals surface area contributed by atoms with Crippen molar-refractivity contribution in [1.29, 1.82) is 0 Å². The first kappa shape index (κ1) is 19.2. The molecule has 144 valence electrons. The lowest BCUT2D eigenvalue weighted by atomic mass is 10.0. The van der Waals surface area contributed by atoms with Crippen molar-refractivity contribution in [1.82, 2.24) is 14.8 Å². The molecule has 1 heterocycles. The molecule has 0 aliphatic heterocycles. The van der Waals surface area contributed by atoms with E-state index in [4.69, 9.17) is 0 Å². The minimum atomic E-state index is -0.411. The molecular weight excluding hydrogens is 378 g/mol. The van der Waals surface area contributed by atoms with Gasteiger partial charge in [0.2, 0.25) is 0 Å². The molecule has 29 heavy (non-hydrogen) atoms. The number of thioether (sulfide) groups is 1. The second kappa shape index (κ2) is 8.45. The zero-order valence-electron chi connectivity index (χ0n) is 16.3. The summed E-state index contributed by atoms with van der Waals surface area (Å²) in [6, 6.07) is 27.5. The van der Waals surface area contributed by atoms with Gasteiger partial charge in [-0.1, -0.05) is 90.1 Å². The van der Waals surface area contributed by atoms with Crippen LogP contribution in [0.3, 0.4) is 0 Å². The van der Waals surface area contributed by atoms with Gasteiger partial charge in [0.05, 0.1) is 0 Å². The topological polar surface area (TPSA) is 47.8 Å². The molecule has 0 saturated carbocycles. The van der Waals surface area contributed by atoms with E-state index in [0.717, 1.165) is 17.1 Å². The van der Waals surface area contributed by atoms with Crippen molar-refractivity contribution >= 4 is 17.5 Å². The van der Waals surface area contributed by atoms with Gasteiger partial charge in [0.25, 0.3) is 0 Å². The molecule has 0 saturated heterocycles. The van der Waals surface area contributed by atoms with Gasteiger partial charge < -0.3 is 0 Å². The van der Waals surface area contributed by atoms with E-state index < -0.39 is 5.25 Å². The van der Waals surface area contributed by atoms with Crippen molar-refractivity contribution in [3.8, 4) is 5.69 Å². The minimum Gasteiger partial charge on any atom is -0.293 e. The number of rotatable bonds is 6. The number of ketones is 1. The van der Waals surface area contributed by atoms with E-state index in [1.165, 1.54) is 17.3 Å². The second-order valence-electron chi connectivity index (χ2n) is 6.84. The SMILES string of the molecule is Cc1ccc(-n2c(C)nnc2S[C@H](C(=O)c2ccccc2)c2ccccc2)cc1. The number of carbonyl (C=O) groups excluding carboxylic acids is 1. The van der Waals surface area contributed by atoms with Gasteiger partial charge in [0.1, 0.15) is 11.1 Å². The molecule has 0 fully saturated rings. The molecule has 4 rings (SSSR count). The highest BCUT2D eigenvalue weighted by atomic mass is 32.2. The molecule has 0 bridgehead atoms. The Bertz CT molecular complexity index is 1110. The van der Waals surface area contributed by atoms with Gasteiger partial charge in [-0.15, -0.1) is 10.2 Å². The molecule has 1 aromatic heterocycles. The lowest BCUT2D eigenvalue weighted by Gasteiger charge is -2.17. The van der Waals surface area contributed by atoms with Gasteiger partial charge >= 0.3 is 0 Å². The monoisotopic (exact) mass is 399 g/mol. The average Bonchev–Trinajstić information content (AvgIpc) is 3.13. The highest BCUT2D eigenvalue weighted by Crippen LogP contribution is 2.38. The molecule has 0 spiro atoms. The Morgan fingerprint density at radius 1 is 0.828 bits per heavy atom. The van der Waals surface area contributed by atoms with Crippen molar-refractivity contribution < 1.29 is 4.79 Å². The van der Waals surface area contributed by atoms with Gasteiger partial charge in [-0.3, -0.25) is 9.36 Å². The summed E-state index contributed by atoms with van der Waals surface area (Å²) in [5.41, 5.74) is 3.81. The Kier molecular flexibility index (Phi) is 5.58. The van der Waals surface area contributed by atoms with E-state index in [2.05, 4.69) is 29.3 Å². The third kappa shape index (κ3) is 4.15. The van der Waals surface area contributed by atoms with E-state index >= 15 is 0 Å². The molecule has 0 aliphatic rings. The molecular formula is C24H21N3OS. The van der Waals surface area contributed by atoms with Crippen LogP contribution in [0.2, 0.25) is 0 Å². The largest absolute Gasteiger partial charge is 0.293 e. The van der Waals surface area contributed by atoms with E-state index in [0.29, 0.717) is 10.7 Å². The lowest BCUT2D eigenvalue weighted by Crippen LogP contribution is -2.11. The second-order valence-corrected chi connectivity index (χ2v) is 7.91. The van der Waals surface area contributed by atoms with Crippen LogP contribution in [0.1, 0.15) is 32.6 Å². The molecule has 0 amide bonds. The van der Waals surface area contributed by atoms with Crippen LogP contribution in [0.5, 0.6) is 0 Å². The average molecular weight is 400 g/mol. The maximum absolute atomic E-state index is 13.4. The van der Waals surface area contributed by atoms with Crippen LogP contribution in [0.15, 0.2) is 90.1 Å². The number of nitrogens with zero attached hydrogens (tertiary/aromatic N) is 3. The van der Waals surface area contributed by atoms with Crippen LogP contribution in [-0.2, 0) is 0 Å². The molecule has 4 aromatic rings. The molecule has 0 radical (unpaired) electrons. The Balaban J connectivity index is 1.74. The zero-order chi connectivity index (χ0) is 20.2. The third-order valence-corrected chi connectivity index (χ3v) is 5.91. The Hall–Kier alpha value is -3.18. The van der Waals surface area contributed by atoms with Crippen LogP contribution in [-0.4, -0.2) is 20.5 Å². The van der Waals surface area contributed by atoms with E-state index in [1.807, 2.05) is 84.3 Å². The number of hydrogen-bond donors (Lipinski definition) is 0. The summed E-state index contributed by atoms with van der Waals surface area (Å²) in [4.78, 5) is 13.4. The molecule has 1 atom stereocenters. The number of aryl methyl sites for hydroxylation is 2. The lowest BCUT2D eigenvalue weighted by molar-refractivity contribution is 0.0989. The first-order valence-corrected chi connectivity index (χ1v) is 10.3. The fourth-order valence-corrected chi connectivity index (χ4v) is 4.35. The van der Waals surface area contributed by atoms with Crippen LogP contribution >= 0.6 is 11.8 Å². The van der Waals surface area contributed by atoms with Gasteiger partial charge in [0.15, 0.2) is 10.9 Å². The van der Waals surface area contributed by atoms with Crippen LogP contribution in [0.4, 0.5) is 0 Å². The summed E-state index contributed by atoms with van der Waals surface area (Å²) in [6.45, 7) is 3.98. The van der Waals surface area contributed by atoms with Crippen molar-refractivity contribution in [3.63, 3.8) is 0 Å². The Morgan fingerprint density at radius 2 is 1.45 bits per heavy atom. The number of carbonyl (C=O) groups is 1. The smallest absolute Gasteiger partial charge is 0.196 e. The van der Waals surface area contributed by atoms with Gasteiger partial charge in [-0.05, 0) is 31.5 Å². The predicted octanol–water partition coefficient (Wildman–Crippen LogP) is 5.60. The van der Waals surface area contributed by atoms with Gasteiger partial charge in [-0.25, -0.2) is 0 Å². The highest BCUT2D eigenvalue weighted by molar-refractivity contribution is 8.00. The number of aromatic nitrogens is 3. The summed E-state index contributed by atoms with van der Waals surface area (Å²) in [5, 5.41) is 8.94. The van der Waals surface area contributed by atoms with Crippen molar-refractivity contribution in [2.24, 2.45) is 0 Å². The van der Waals surface area contributed by atoms with E-state index in [9.17, 15) is 4.79 Å². The van der Waals surface area contributed by atoms with Crippen molar-refractivity contribution in [2.45, 2.75) is 24.3 Å². The maximum atomic E-state index is 13.4. The summed E-state index contributed by atoms with van der Waals surface area (Å²) in [5.74, 6) is 0.841. The molecule has 3 aromatic carbocycles. The number of hydrogen-bond acceptors (Lipinski definition) is 4. The summed E-state index contributed by atoms with van der Waals surface area (Å²) in [7, 11) is 0. The minimum absolute atomic E-state index is 0.0536. The van der Waals surface area contributed by atoms with Gasteiger partial charge in [0, 0.05) is 11.3 Å². The number of benzene rings is 3. The highest BCUT2D eigenvalue weighted by Gasteiger charge is 2.26. The van der Waals surface area contributed by atoms with Crippen molar-refractivity contribution in [2.75, 3.05) is 0 Å². The summed E-state index contributed by atoms with van der Waals surface area (Å²) in [6.07, 6.45) is 0. The van der Waals surface area contributed by atoms with Crippen LogP contribution < -0.4 is 0 Å². The predicted molar refractivity (Wildman–Crippen MR) is 117 cm³/mol. The number of Topliss-reactive ketones (excluding diaryl/α,β-unsaturated/α-hetero) is 1. The first-order valence-electron chi connectivity index (χ1n) is 9.43. The van der Waals surface area contributed by atoms with Crippen LogP contribution in [0.25, 0.3) is 5.69 Å². The summed E-state index contributed by atoms with van der Waals surface area (Å²) >= 11 is 1.43. The van der Waals surface area contributed by atoms with Gasteiger partial charge in [-0.2, -0.15) is 0 Å². The molecule has 0 N–H and O–H groups in total. The molecule has 0 unspecified atom stereocenters. The van der Waals surface area contributed by atoms with E-state index in [1.54, 1.807) is 0 Å². The zero-order valence-corrected chi connectivity index (χ0v) is 17.1. The normalized spacial score (nSPS) is 11.9. The first-order chi connectivity index (χ1) is 14.1. The Labute approximate surface area is 174 Å². The van der Waals surface area contributed by atoms with Crippen LogP contribution in [0, 0.1) is 13.8 Å². The molecule has 4 nitrogen and oxygen atoms in total. The standard InChI is InChI=1S/C24H21N3OS/c1-17-13-15-21(16-14-17)27-18(2)25-26-24(27)29-23(20-11-7-4-8-12-20)22(28)19-9-5-3-6-10-19/h3-16,23H,1-2H3/t23-/m0/s1.